The summed E-state index contributed by atoms with van der Waals surface area (Å²) in [5.41, 5.74) is 6.58. The van der Waals surface area contributed by atoms with Gasteiger partial charge < -0.3 is 11.1 Å². The number of primary amides is 1. The van der Waals surface area contributed by atoms with E-state index in [9.17, 15) is 4.79 Å². The van der Waals surface area contributed by atoms with Crippen LogP contribution in [-0.4, -0.2) is 12.5 Å². The molecule has 0 saturated heterocycles. The maximum Gasteiger partial charge on any atom is 0.248 e. The molecule has 0 atom stereocenters. The number of hydrogen-bond acceptors (Lipinski definition) is 2. The monoisotopic (exact) mass is 240 g/mol. The highest BCUT2D eigenvalue weighted by Gasteiger charge is 2.05. The quantitative estimate of drug-likeness (QED) is 0.829. The van der Waals surface area contributed by atoms with Gasteiger partial charge in [-0.25, -0.2) is 0 Å². The van der Waals surface area contributed by atoms with Crippen molar-refractivity contribution in [3.8, 4) is 0 Å². The molecular weight excluding hydrogens is 224 g/mol. The Bertz CT molecular complexity index is 377. The third kappa shape index (κ3) is 3.83. The van der Waals surface area contributed by atoms with Crippen molar-refractivity contribution in [1.82, 2.24) is 5.32 Å². The molecule has 0 aliphatic heterocycles. The van der Waals surface area contributed by atoms with Crippen LogP contribution in [0.4, 0.5) is 0 Å². The molecule has 1 rings (SSSR count). The molecule has 0 radical (unpaired) electrons. The zero-order chi connectivity index (χ0) is 12.1. The Hall–Kier alpha value is -1.06. The molecule has 16 heavy (non-hydrogen) atoms. The predicted octanol–water partition coefficient (Wildman–Crippen LogP) is 2.18. The Morgan fingerprint density at radius 1 is 1.50 bits per heavy atom. The smallest absolute Gasteiger partial charge is 0.248 e. The van der Waals surface area contributed by atoms with E-state index in [-0.39, 0.29) is 0 Å². The SMILES string of the molecule is CC(C)CNCc1ccc(C(N)=O)cc1Cl. The Kier molecular flexibility index (Phi) is 4.77. The second-order valence-electron chi connectivity index (χ2n) is 4.20. The maximum absolute atomic E-state index is 10.9. The van der Waals surface area contributed by atoms with E-state index in [1.807, 2.05) is 6.07 Å². The van der Waals surface area contributed by atoms with Crippen LogP contribution in [0.1, 0.15) is 29.8 Å². The molecule has 3 nitrogen and oxygen atoms in total. The zero-order valence-electron chi connectivity index (χ0n) is 9.59. The lowest BCUT2D eigenvalue weighted by Crippen LogP contribution is -2.19. The van der Waals surface area contributed by atoms with Crippen LogP contribution in [0.3, 0.4) is 0 Å². The van der Waals surface area contributed by atoms with Crippen molar-refractivity contribution in [2.45, 2.75) is 20.4 Å². The molecule has 88 valence electrons. The molecule has 1 amide bonds. The molecule has 0 aliphatic carbocycles. The second kappa shape index (κ2) is 5.87. The number of amides is 1. The number of hydrogen-bond donors (Lipinski definition) is 2. The van der Waals surface area contributed by atoms with Crippen LogP contribution < -0.4 is 11.1 Å². The van der Waals surface area contributed by atoms with Crippen molar-refractivity contribution in [3.63, 3.8) is 0 Å². The highest BCUT2D eigenvalue weighted by Crippen LogP contribution is 2.17. The summed E-state index contributed by atoms with van der Waals surface area (Å²) < 4.78 is 0. The van der Waals surface area contributed by atoms with E-state index in [4.69, 9.17) is 17.3 Å². The minimum atomic E-state index is -0.455. The maximum atomic E-state index is 10.9. The summed E-state index contributed by atoms with van der Waals surface area (Å²) in [6, 6.07) is 5.13. The lowest BCUT2D eigenvalue weighted by atomic mass is 10.1. The van der Waals surface area contributed by atoms with Crippen molar-refractivity contribution >= 4 is 17.5 Å². The summed E-state index contributed by atoms with van der Waals surface area (Å²) in [4.78, 5) is 10.9. The third-order valence-corrected chi connectivity index (χ3v) is 2.56. The Morgan fingerprint density at radius 2 is 2.19 bits per heavy atom. The summed E-state index contributed by atoms with van der Waals surface area (Å²) in [7, 11) is 0. The molecule has 0 unspecified atom stereocenters. The van der Waals surface area contributed by atoms with Gasteiger partial charge in [-0.1, -0.05) is 31.5 Å². The number of nitrogens with one attached hydrogen (secondary N) is 1. The fourth-order valence-corrected chi connectivity index (χ4v) is 1.59. The summed E-state index contributed by atoms with van der Waals surface area (Å²) in [6.07, 6.45) is 0. The minimum Gasteiger partial charge on any atom is -0.366 e. The topological polar surface area (TPSA) is 55.1 Å². The third-order valence-electron chi connectivity index (χ3n) is 2.21. The van der Waals surface area contributed by atoms with Crippen molar-refractivity contribution in [1.29, 1.82) is 0 Å². The first-order valence-electron chi connectivity index (χ1n) is 5.29. The Labute approximate surface area is 101 Å². The van der Waals surface area contributed by atoms with Gasteiger partial charge in [0.15, 0.2) is 0 Å². The molecule has 0 saturated carbocycles. The van der Waals surface area contributed by atoms with Gasteiger partial charge in [-0.05, 0) is 30.2 Å². The van der Waals surface area contributed by atoms with Gasteiger partial charge >= 0.3 is 0 Å². The van der Waals surface area contributed by atoms with E-state index in [0.717, 1.165) is 12.1 Å². The van der Waals surface area contributed by atoms with Gasteiger partial charge in [-0.15, -0.1) is 0 Å². The van der Waals surface area contributed by atoms with Crippen LogP contribution >= 0.6 is 11.6 Å². The van der Waals surface area contributed by atoms with Crippen LogP contribution in [0.25, 0.3) is 0 Å². The van der Waals surface area contributed by atoms with Crippen LogP contribution in [0.15, 0.2) is 18.2 Å². The number of carbonyl (C=O) groups excluding carboxylic acids is 1. The Balaban J connectivity index is 2.64. The summed E-state index contributed by atoms with van der Waals surface area (Å²) in [6.45, 7) is 5.93. The van der Waals surface area contributed by atoms with Gasteiger partial charge in [0.1, 0.15) is 0 Å². The van der Waals surface area contributed by atoms with Crippen LogP contribution in [-0.2, 0) is 6.54 Å². The van der Waals surface area contributed by atoms with E-state index in [2.05, 4.69) is 19.2 Å². The summed E-state index contributed by atoms with van der Waals surface area (Å²) in [5.74, 6) is 0.146. The van der Waals surface area contributed by atoms with Gasteiger partial charge in [0.05, 0.1) is 0 Å². The van der Waals surface area contributed by atoms with E-state index in [0.29, 0.717) is 23.0 Å². The zero-order valence-corrected chi connectivity index (χ0v) is 10.3. The average Bonchev–Trinajstić information content (AvgIpc) is 2.19. The first-order chi connectivity index (χ1) is 7.50. The molecule has 0 spiro atoms. The molecule has 0 aromatic heterocycles. The minimum absolute atomic E-state index is 0.442. The first-order valence-corrected chi connectivity index (χ1v) is 5.67. The standard InChI is InChI=1S/C12H17ClN2O/c1-8(2)6-15-7-10-4-3-9(12(14)16)5-11(10)13/h3-5,8,15H,6-7H2,1-2H3,(H2,14,16). The van der Waals surface area contributed by atoms with E-state index in [1.165, 1.54) is 0 Å². The molecule has 3 N–H and O–H groups in total. The number of nitrogens with two attached hydrogens (primary N) is 1. The molecule has 0 aliphatic rings. The van der Waals surface area contributed by atoms with E-state index >= 15 is 0 Å². The second-order valence-corrected chi connectivity index (χ2v) is 4.60. The van der Waals surface area contributed by atoms with E-state index < -0.39 is 5.91 Å². The molecule has 0 fully saturated rings. The molecular formula is C12H17ClN2O. The van der Waals surface area contributed by atoms with Gasteiger partial charge in [0.2, 0.25) is 5.91 Å². The summed E-state index contributed by atoms with van der Waals surface area (Å²) >= 11 is 6.04. The van der Waals surface area contributed by atoms with Crippen molar-refractivity contribution < 1.29 is 4.79 Å². The van der Waals surface area contributed by atoms with Crippen molar-refractivity contribution in [2.75, 3.05) is 6.54 Å². The lowest BCUT2D eigenvalue weighted by molar-refractivity contribution is 0.100. The molecule has 0 bridgehead atoms. The van der Waals surface area contributed by atoms with E-state index in [1.54, 1.807) is 12.1 Å². The van der Waals surface area contributed by atoms with Gasteiger partial charge in [-0.2, -0.15) is 0 Å². The van der Waals surface area contributed by atoms with Crippen LogP contribution in [0.2, 0.25) is 5.02 Å². The number of benzene rings is 1. The molecule has 0 heterocycles. The normalized spacial score (nSPS) is 10.8. The van der Waals surface area contributed by atoms with Crippen molar-refractivity contribution in [3.05, 3.63) is 34.3 Å². The molecule has 1 aromatic rings. The van der Waals surface area contributed by atoms with Crippen LogP contribution in [0.5, 0.6) is 0 Å². The highest BCUT2D eigenvalue weighted by molar-refractivity contribution is 6.31. The number of halogens is 1. The van der Waals surface area contributed by atoms with Gasteiger partial charge in [0, 0.05) is 17.1 Å². The van der Waals surface area contributed by atoms with Gasteiger partial charge in [-0.3, -0.25) is 4.79 Å². The Morgan fingerprint density at radius 3 is 2.69 bits per heavy atom. The molecule has 1 aromatic carbocycles. The number of carbonyl (C=O) groups is 1. The lowest BCUT2D eigenvalue weighted by Gasteiger charge is -2.09. The fourth-order valence-electron chi connectivity index (χ4n) is 1.34. The first kappa shape index (κ1) is 13.0. The van der Waals surface area contributed by atoms with Crippen molar-refractivity contribution in [2.24, 2.45) is 11.7 Å². The van der Waals surface area contributed by atoms with Gasteiger partial charge in [0.25, 0.3) is 0 Å². The largest absolute Gasteiger partial charge is 0.366 e. The predicted molar refractivity (Wildman–Crippen MR) is 66.5 cm³/mol. The number of rotatable bonds is 5. The summed E-state index contributed by atoms with van der Waals surface area (Å²) in [5, 5.41) is 3.87. The average molecular weight is 241 g/mol. The van der Waals surface area contributed by atoms with Crippen LogP contribution in [0, 0.1) is 5.92 Å². The fraction of sp³-hybridized carbons (Fsp3) is 0.417. The molecule has 4 heteroatoms. The highest BCUT2D eigenvalue weighted by atomic mass is 35.5.